The van der Waals surface area contributed by atoms with E-state index in [0.29, 0.717) is 11.5 Å². The summed E-state index contributed by atoms with van der Waals surface area (Å²) in [6.45, 7) is 3.76. The standard InChI is InChI=1S/C13H14F4N2O/c1-7(2)11-4-3-8(20-11)6-19-10(13(16)17)5-9(18-19)12(14)15/h3-5,7,12-13H,6H2,1-2H3. The van der Waals surface area contributed by atoms with Crippen LogP contribution in [0.15, 0.2) is 22.6 Å². The maximum Gasteiger partial charge on any atom is 0.282 e. The monoisotopic (exact) mass is 290 g/mol. The SMILES string of the molecule is CC(C)c1ccc(Cn2nc(C(F)F)cc2C(F)F)o1. The Morgan fingerprint density at radius 2 is 1.85 bits per heavy atom. The first-order valence-corrected chi connectivity index (χ1v) is 6.11. The Morgan fingerprint density at radius 1 is 1.15 bits per heavy atom. The number of rotatable bonds is 5. The quantitative estimate of drug-likeness (QED) is 0.758. The fraction of sp³-hybridized carbons (Fsp3) is 0.462. The molecule has 0 amide bonds. The van der Waals surface area contributed by atoms with E-state index in [-0.39, 0.29) is 12.5 Å². The van der Waals surface area contributed by atoms with Crippen LogP contribution in [0.1, 0.15) is 55.5 Å². The zero-order chi connectivity index (χ0) is 14.9. The topological polar surface area (TPSA) is 31.0 Å². The highest BCUT2D eigenvalue weighted by Crippen LogP contribution is 2.26. The van der Waals surface area contributed by atoms with E-state index < -0.39 is 24.2 Å². The molecule has 0 N–H and O–H groups in total. The van der Waals surface area contributed by atoms with E-state index in [4.69, 9.17) is 4.42 Å². The average Bonchev–Trinajstić information content (AvgIpc) is 2.96. The van der Waals surface area contributed by atoms with Crippen LogP contribution in [-0.4, -0.2) is 9.78 Å². The van der Waals surface area contributed by atoms with Crippen molar-refractivity contribution < 1.29 is 22.0 Å². The number of aromatic nitrogens is 2. The molecule has 2 heterocycles. The molecule has 0 atom stereocenters. The maximum atomic E-state index is 12.8. The highest BCUT2D eigenvalue weighted by atomic mass is 19.3. The van der Waals surface area contributed by atoms with Gasteiger partial charge in [0.25, 0.3) is 12.9 Å². The van der Waals surface area contributed by atoms with Crippen LogP contribution >= 0.6 is 0 Å². The number of hydrogen-bond donors (Lipinski definition) is 0. The normalized spacial score (nSPS) is 12.1. The molecule has 0 bridgehead atoms. The molecular weight excluding hydrogens is 276 g/mol. The van der Waals surface area contributed by atoms with Crippen molar-refractivity contribution in [3.8, 4) is 0 Å². The molecular formula is C13H14F4N2O. The molecule has 0 aliphatic carbocycles. The lowest BCUT2D eigenvalue weighted by molar-refractivity contribution is 0.139. The molecule has 0 saturated carbocycles. The van der Waals surface area contributed by atoms with Gasteiger partial charge in [-0.25, -0.2) is 17.6 Å². The number of halogens is 4. The van der Waals surface area contributed by atoms with Crippen molar-refractivity contribution in [1.29, 1.82) is 0 Å². The van der Waals surface area contributed by atoms with Gasteiger partial charge in [-0.1, -0.05) is 13.8 Å². The molecule has 0 unspecified atom stereocenters. The van der Waals surface area contributed by atoms with E-state index in [9.17, 15) is 17.6 Å². The van der Waals surface area contributed by atoms with E-state index in [1.54, 1.807) is 12.1 Å². The number of hydrogen-bond acceptors (Lipinski definition) is 2. The Balaban J connectivity index is 2.27. The Kier molecular flexibility index (Phi) is 4.15. The van der Waals surface area contributed by atoms with E-state index in [2.05, 4.69) is 5.10 Å². The Hall–Kier alpha value is -1.79. The first kappa shape index (κ1) is 14.6. The smallest absolute Gasteiger partial charge is 0.282 e. The predicted octanol–water partition coefficient (Wildman–Crippen LogP) is 4.52. The Bertz CT molecular complexity index is 575. The summed E-state index contributed by atoms with van der Waals surface area (Å²) < 4.78 is 57.0. The third kappa shape index (κ3) is 3.02. The van der Waals surface area contributed by atoms with E-state index in [1.807, 2.05) is 13.8 Å². The highest BCUT2D eigenvalue weighted by Gasteiger charge is 2.21. The molecule has 0 spiro atoms. The van der Waals surface area contributed by atoms with E-state index in [0.717, 1.165) is 10.7 Å². The summed E-state index contributed by atoms with van der Waals surface area (Å²) in [7, 11) is 0. The Labute approximate surface area is 113 Å². The van der Waals surface area contributed by atoms with Gasteiger partial charge in [-0.2, -0.15) is 5.10 Å². The highest BCUT2D eigenvalue weighted by molar-refractivity contribution is 5.15. The van der Waals surface area contributed by atoms with Gasteiger partial charge in [0, 0.05) is 5.92 Å². The average molecular weight is 290 g/mol. The molecule has 3 nitrogen and oxygen atoms in total. The van der Waals surface area contributed by atoms with Crippen LogP contribution in [0.5, 0.6) is 0 Å². The van der Waals surface area contributed by atoms with Crippen molar-refractivity contribution in [3.63, 3.8) is 0 Å². The molecule has 0 fully saturated rings. The van der Waals surface area contributed by atoms with Crippen LogP contribution in [0.2, 0.25) is 0 Å². The zero-order valence-electron chi connectivity index (χ0n) is 11.0. The third-order valence-electron chi connectivity index (χ3n) is 2.83. The molecule has 0 radical (unpaired) electrons. The number of nitrogens with zero attached hydrogens (tertiary/aromatic N) is 2. The van der Waals surface area contributed by atoms with Gasteiger partial charge in [0.2, 0.25) is 0 Å². The van der Waals surface area contributed by atoms with Crippen LogP contribution < -0.4 is 0 Å². The summed E-state index contributed by atoms with van der Waals surface area (Å²) in [6.07, 6.45) is -5.74. The summed E-state index contributed by atoms with van der Waals surface area (Å²) in [6, 6.07) is 4.09. The van der Waals surface area contributed by atoms with Gasteiger partial charge in [0.1, 0.15) is 22.9 Å². The molecule has 110 valence electrons. The first-order chi connectivity index (χ1) is 9.38. The fourth-order valence-corrected chi connectivity index (χ4v) is 1.80. The molecule has 20 heavy (non-hydrogen) atoms. The summed E-state index contributed by atoms with van der Waals surface area (Å²) in [4.78, 5) is 0. The molecule has 2 aromatic heterocycles. The van der Waals surface area contributed by atoms with Gasteiger partial charge in [-0.15, -0.1) is 0 Å². The number of furan rings is 1. The second kappa shape index (κ2) is 5.68. The molecule has 0 aromatic carbocycles. The molecule has 2 rings (SSSR count). The zero-order valence-corrected chi connectivity index (χ0v) is 11.0. The van der Waals surface area contributed by atoms with Crippen molar-refractivity contribution >= 4 is 0 Å². The van der Waals surface area contributed by atoms with Crippen molar-refractivity contribution in [1.82, 2.24) is 9.78 Å². The third-order valence-corrected chi connectivity index (χ3v) is 2.83. The molecule has 0 aliphatic rings. The number of alkyl halides is 4. The van der Waals surface area contributed by atoms with Crippen molar-refractivity contribution in [2.24, 2.45) is 0 Å². The Morgan fingerprint density at radius 3 is 2.35 bits per heavy atom. The predicted molar refractivity (Wildman–Crippen MR) is 64.0 cm³/mol. The lowest BCUT2D eigenvalue weighted by Gasteiger charge is -2.05. The minimum Gasteiger partial charge on any atom is -0.464 e. The van der Waals surface area contributed by atoms with Crippen molar-refractivity contribution in [2.45, 2.75) is 39.2 Å². The summed E-state index contributed by atoms with van der Waals surface area (Å²) in [5.41, 5.74) is -1.20. The molecule has 7 heteroatoms. The summed E-state index contributed by atoms with van der Waals surface area (Å²) >= 11 is 0. The van der Waals surface area contributed by atoms with Crippen molar-refractivity contribution in [3.05, 3.63) is 41.1 Å². The van der Waals surface area contributed by atoms with Gasteiger partial charge in [0.05, 0.1) is 6.54 Å². The van der Waals surface area contributed by atoms with Crippen LogP contribution in [0, 0.1) is 0 Å². The van der Waals surface area contributed by atoms with Gasteiger partial charge in [0.15, 0.2) is 0 Å². The minimum absolute atomic E-state index is 0.0981. The second-order valence-electron chi connectivity index (χ2n) is 4.71. The fourth-order valence-electron chi connectivity index (χ4n) is 1.80. The van der Waals surface area contributed by atoms with Gasteiger partial charge < -0.3 is 4.42 Å². The second-order valence-corrected chi connectivity index (χ2v) is 4.71. The van der Waals surface area contributed by atoms with Crippen LogP contribution in [0.4, 0.5) is 17.6 Å². The maximum absolute atomic E-state index is 12.8. The van der Waals surface area contributed by atoms with Gasteiger partial charge >= 0.3 is 0 Å². The van der Waals surface area contributed by atoms with Crippen LogP contribution in [-0.2, 0) is 6.54 Å². The van der Waals surface area contributed by atoms with Gasteiger partial charge in [-0.05, 0) is 18.2 Å². The largest absolute Gasteiger partial charge is 0.464 e. The van der Waals surface area contributed by atoms with E-state index >= 15 is 0 Å². The molecule has 0 saturated heterocycles. The molecule has 2 aromatic rings. The molecule has 0 aliphatic heterocycles. The lowest BCUT2D eigenvalue weighted by atomic mass is 10.2. The van der Waals surface area contributed by atoms with E-state index in [1.165, 1.54) is 0 Å². The summed E-state index contributed by atoms with van der Waals surface area (Å²) in [5.74, 6) is 1.27. The van der Waals surface area contributed by atoms with Crippen LogP contribution in [0.25, 0.3) is 0 Å². The summed E-state index contributed by atoms with van der Waals surface area (Å²) in [5, 5.41) is 3.51. The van der Waals surface area contributed by atoms with Crippen molar-refractivity contribution in [2.75, 3.05) is 0 Å². The first-order valence-electron chi connectivity index (χ1n) is 6.11. The van der Waals surface area contributed by atoms with Gasteiger partial charge in [-0.3, -0.25) is 4.68 Å². The minimum atomic E-state index is -2.88. The van der Waals surface area contributed by atoms with Crippen LogP contribution in [0.3, 0.4) is 0 Å². The lowest BCUT2D eigenvalue weighted by Crippen LogP contribution is -2.06.